The molecule has 1 aromatic heterocycles. The maximum atomic E-state index is 12.6. The van der Waals surface area contributed by atoms with Crippen LogP contribution in [-0.4, -0.2) is 65.1 Å². The molecule has 0 aliphatic carbocycles. The van der Waals surface area contributed by atoms with Gasteiger partial charge in [-0.2, -0.15) is 5.48 Å². The Labute approximate surface area is 178 Å². The van der Waals surface area contributed by atoms with Gasteiger partial charge >= 0.3 is 5.97 Å². The number of hydrogen-bond donors (Lipinski definition) is 4. The summed E-state index contributed by atoms with van der Waals surface area (Å²) in [5.41, 5.74) is 2.46. The second kappa shape index (κ2) is 9.70. The highest BCUT2D eigenvalue weighted by Crippen LogP contribution is 2.27. The quantitative estimate of drug-likeness (QED) is 0.248. The molecule has 1 aliphatic rings. The van der Waals surface area contributed by atoms with Crippen LogP contribution in [0.15, 0.2) is 40.7 Å². The average Bonchev–Trinajstić information content (AvgIpc) is 3.20. The summed E-state index contributed by atoms with van der Waals surface area (Å²) in [6.45, 7) is 1.30. The Morgan fingerprint density at radius 2 is 1.93 bits per heavy atom. The Hall–Kier alpha value is -2.95. The van der Waals surface area contributed by atoms with E-state index >= 15 is 0 Å². The third-order valence-electron chi connectivity index (χ3n) is 4.98. The summed E-state index contributed by atoms with van der Waals surface area (Å²) in [6.07, 6.45) is 1.28. The van der Waals surface area contributed by atoms with Gasteiger partial charge in [-0.15, -0.1) is 11.3 Å². The van der Waals surface area contributed by atoms with Crippen molar-refractivity contribution in [3.8, 4) is 0 Å². The molecule has 0 radical (unpaired) electrons. The smallest absolute Gasteiger partial charge is 0.338 e. The lowest BCUT2D eigenvalue weighted by molar-refractivity contribution is -0.825. The lowest BCUT2D eigenvalue weighted by Gasteiger charge is -2.35. The van der Waals surface area contributed by atoms with Gasteiger partial charge in [0.15, 0.2) is 5.69 Å². The van der Waals surface area contributed by atoms with E-state index in [4.69, 9.17) is 4.99 Å². The lowest BCUT2D eigenvalue weighted by Crippen LogP contribution is -2.73. The molecule has 1 amide bonds. The number of quaternary nitrogens is 1. The van der Waals surface area contributed by atoms with Crippen LogP contribution < -0.4 is 10.8 Å². The fraction of sp³-hybridized carbons (Fsp3) is 0.350. The molecule has 0 saturated carbocycles. The fourth-order valence-corrected chi connectivity index (χ4v) is 4.17. The second-order valence-corrected chi connectivity index (χ2v) is 8.13. The summed E-state index contributed by atoms with van der Waals surface area (Å²) in [5.74, 6) is -0.627. The maximum Gasteiger partial charge on any atom is 0.338 e. The van der Waals surface area contributed by atoms with Gasteiger partial charge in [-0.1, -0.05) is 12.1 Å². The number of carboxylic acids is 1. The third-order valence-corrected chi connectivity index (χ3v) is 5.81. The van der Waals surface area contributed by atoms with Crippen LogP contribution in [0.25, 0.3) is 0 Å². The number of hydrogen-bond acceptors (Lipinski definition) is 5. The van der Waals surface area contributed by atoms with E-state index in [0.717, 1.165) is 11.4 Å². The maximum absolute atomic E-state index is 12.6. The summed E-state index contributed by atoms with van der Waals surface area (Å²) in [5, 5.41) is 23.4. The van der Waals surface area contributed by atoms with Crippen molar-refractivity contribution in [1.29, 1.82) is 0 Å². The number of carboxylic acid groups (broad SMARTS) is 1. The average molecular weight is 433 g/mol. The van der Waals surface area contributed by atoms with E-state index in [1.165, 1.54) is 17.4 Å². The number of thiophene rings is 1. The van der Waals surface area contributed by atoms with Crippen molar-refractivity contribution >= 4 is 45.5 Å². The molecule has 1 fully saturated rings. The van der Waals surface area contributed by atoms with Crippen molar-refractivity contribution in [3.05, 3.63) is 41.3 Å². The molecule has 9 nitrogen and oxygen atoms in total. The normalized spacial score (nSPS) is 15.2. The Balaban J connectivity index is 1.67. The highest BCUT2D eigenvalue weighted by molar-refractivity contribution is 7.14. The van der Waals surface area contributed by atoms with Crippen LogP contribution in [0.5, 0.6) is 0 Å². The molecule has 2 aromatic rings. The predicted octanol–water partition coefficient (Wildman–Crippen LogP) is 1.93. The first-order valence-corrected chi connectivity index (χ1v) is 10.5. The first kappa shape index (κ1) is 21.8. The predicted molar refractivity (Wildman–Crippen MR) is 115 cm³/mol. The van der Waals surface area contributed by atoms with E-state index in [0.29, 0.717) is 42.3 Å². The minimum absolute atomic E-state index is 0.118. The van der Waals surface area contributed by atoms with Gasteiger partial charge in [0.05, 0.1) is 5.56 Å². The lowest BCUT2D eigenvalue weighted by atomic mass is 9.96. The van der Waals surface area contributed by atoms with Crippen molar-refractivity contribution in [2.75, 3.05) is 32.5 Å². The van der Waals surface area contributed by atoms with Crippen molar-refractivity contribution in [3.63, 3.8) is 0 Å². The molecule has 5 N–H and O–H groups in total. The Kier molecular flexibility index (Phi) is 7.03. The van der Waals surface area contributed by atoms with Gasteiger partial charge in [0.25, 0.3) is 0 Å². The van der Waals surface area contributed by atoms with Gasteiger partial charge in [-0.3, -0.25) is 4.79 Å². The Morgan fingerprint density at radius 3 is 2.57 bits per heavy atom. The van der Waals surface area contributed by atoms with E-state index in [1.54, 1.807) is 11.4 Å². The van der Waals surface area contributed by atoms with E-state index in [1.807, 2.05) is 37.2 Å². The van der Waals surface area contributed by atoms with E-state index in [-0.39, 0.29) is 17.4 Å². The monoisotopic (exact) mass is 432 g/mol. The number of para-hydroxylation sites is 2. The minimum atomic E-state index is -1.05. The summed E-state index contributed by atoms with van der Waals surface area (Å²) < 4.78 is 0. The van der Waals surface area contributed by atoms with Gasteiger partial charge in [0.1, 0.15) is 10.7 Å². The number of carbonyl (C=O) groups is 2. The Morgan fingerprint density at radius 1 is 1.23 bits per heavy atom. The van der Waals surface area contributed by atoms with Crippen molar-refractivity contribution in [2.24, 2.45) is 10.9 Å². The van der Waals surface area contributed by atoms with Crippen LogP contribution in [0, 0.1) is 5.92 Å². The van der Waals surface area contributed by atoms with Crippen LogP contribution in [0.3, 0.4) is 0 Å². The number of nitrogens with zero attached hydrogens (tertiary/aromatic N) is 3. The zero-order valence-electron chi connectivity index (χ0n) is 16.9. The number of likely N-dealkylation sites (tertiary alicyclic amines) is 1. The summed E-state index contributed by atoms with van der Waals surface area (Å²) in [4.78, 5) is 32.6. The third kappa shape index (κ3) is 4.96. The number of aromatic carboxylic acids is 1. The number of nitrogens with one attached hydrogen (secondary N) is 1. The molecule has 1 saturated heterocycles. The van der Waals surface area contributed by atoms with Gasteiger partial charge in [0, 0.05) is 39.2 Å². The topological polar surface area (TPSA) is 122 Å². The first-order chi connectivity index (χ1) is 14.4. The van der Waals surface area contributed by atoms with Crippen LogP contribution in [0.1, 0.15) is 23.2 Å². The molecular formula is C20H26N5O4S+. The summed E-state index contributed by atoms with van der Waals surface area (Å²) in [7, 11) is 3.82. The number of piperidine rings is 1. The molecule has 0 unspecified atom stereocenters. The van der Waals surface area contributed by atoms with E-state index < -0.39 is 5.97 Å². The van der Waals surface area contributed by atoms with E-state index in [9.17, 15) is 19.9 Å². The number of guanidine groups is 1. The van der Waals surface area contributed by atoms with E-state index in [2.05, 4.69) is 10.2 Å². The molecule has 160 valence electrons. The molecule has 2 heterocycles. The molecule has 0 spiro atoms. The highest BCUT2D eigenvalue weighted by atomic mass is 32.1. The van der Waals surface area contributed by atoms with Crippen LogP contribution in [0.4, 0.5) is 16.4 Å². The van der Waals surface area contributed by atoms with Gasteiger partial charge in [0.2, 0.25) is 11.9 Å². The SMILES string of the molecule is CN(C)C(=Nc1ccccc1[NH2+]O)N1CCC(C(=O)Nc2sccc2C(=O)O)CC1. The molecule has 0 bridgehead atoms. The zero-order chi connectivity index (χ0) is 21.7. The van der Waals surface area contributed by atoms with Gasteiger partial charge in [-0.05, 0) is 30.4 Å². The number of anilines is 1. The number of amides is 1. The van der Waals surface area contributed by atoms with Crippen LogP contribution in [-0.2, 0) is 4.79 Å². The molecule has 0 atom stereocenters. The molecule has 1 aliphatic heterocycles. The van der Waals surface area contributed by atoms with Crippen LogP contribution >= 0.6 is 11.3 Å². The summed E-state index contributed by atoms with van der Waals surface area (Å²) in [6, 6.07) is 8.83. The number of rotatable bonds is 5. The fourth-order valence-electron chi connectivity index (χ4n) is 3.39. The van der Waals surface area contributed by atoms with Crippen molar-refractivity contribution in [2.45, 2.75) is 12.8 Å². The molecule has 1 aromatic carbocycles. The number of aliphatic imine (C=N–C) groups is 1. The number of benzene rings is 1. The molecule has 30 heavy (non-hydrogen) atoms. The van der Waals surface area contributed by atoms with Crippen molar-refractivity contribution < 1.29 is 25.4 Å². The van der Waals surface area contributed by atoms with Gasteiger partial charge in [-0.25, -0.2) is 15.0 Å². The first-order valence-electron chi connectivity index (χ1n) is 9.59. The number of carbonyl (C=O) groups excluding carboxylic acids is 1. The molecule has 10 heteroatoms. The Bertz CT molecular complexity index is 935. The molecular weight excluding hydrogens is 406 g/mol. The van der Waals surface area contributed by atoms with Crippen LogP contribution in [0.2, 0.25) is 0 Å². The van der Waals surface area contributed by atoms with Crippen molar-refractivity contribution in [1.82, 2.24) is 9.80 Å². The number of nitrogens with two attached hydrogens (primary N) is 1. The summed E-state index contributed by atoms with van der Waals surface area (Å²) >= 11 is 1.21. The standard InChI is InChI=1S/C20H25N5O4S/c1-24(2)20(21-15-5-3-4-6-16(15)23-29)25-10-7-13(8-11-25)17(26)22-18-14(19(27)28)9-12-30-18/h3-6,9,12-13,23,29H,7-8,10-11H2,1-2H3,(H,22,26)(H,27,28)/p+1. The molecule has 3 rings (SSSR count). The minimum Gasteiger partial charge on any atom is -0.478 e. The zero-order valence-corrected chi connectivity index (χ0v) is 17.7. The highest BCUT2D eigenvalue weighted by Gasteiger charge is 2.28. The largest absolute Gasteiger partial charge is 0.478 e. The second-order valence-electron chi connectivity index (χ2n) is 7.21. The van der Waals surface area contributed by atoms with Gasteiger partial charge < -0.3 is 20.2 Å².